The lowest BCUT2D eigenvalue weighted by Crippen LogP contribution is -2.09. The molecule has 0 aliphatic heterocycles. The third-order valence-corrected chi connectivity index (χ3v) is 3.25. The highest BCUT2D eigenvalue weighted by Gasteiger charge is 2.08. The second kappa shape index (κ2) is 7.76. The molecule has 1 aromatic heterocycles. The quantitative estimate of drug-likeness (QED) is 0.541. The molecule has 0 saturated heterocycles. The number of rotatable bonds is 8. The Hall–Kier alpha value is -0.460. The summed E-state index contributed by atoms with van der Waals surface area (Å²) in [7, 11) is 1.66. The van der Waals surface area contributed by atoms with Crippen molar-refractivity contribution in [3.05, 3.63) is 11.9 Å². The lowest BCUT2D eigenvalue weighted by molar-refractivity contribution is 0.0652. The van der Waals surface area contributed by atoms with E-state index in [0.717, 1.165) is 18.7 Å². The average Bonchev–Trinajstić information content (AvgIpc) is 2.76. The first-order valence-corrected chi connectivity index (χ1v) is 6.30. The van der Waals surface area contributed by atoms with Gasteiger partial charge in [0, 0.05) is 13.3 Å². The van der Waals surface area contributed by atoms with Crippen LogP contribution in [-0.4, -0.2) is 41.9 Å². The number of aromatic nitrogens is 3. The Kier molecular flexibility index (Phi) is 6.59. The number of methoxy groups -OCH3 is 1. The molecule has 6 heteroatoms. The first-order chi connectivity index (χ1) is 7.77. The van der Waals surface area contributed by atoms with Crippen LogP contribution in [0.4, 0.5) is 0 Å². The summed E-state index contributed by atoms with van der Waals surface area (Å²) in [6.45, 7) is 4.70. The van der Waals surface area contributed by atoms with Gasteiger partial charge in [0.05, 0.1) is 36.9 Å². The second-order valence-electron chi connectivity index (χ2n) is 3.39. The van der Waals surface area contributed by atoms with Crippen LogP contribution in [-0.2, 0) is 16.0 Å². The second-order valence-corrected chi connectivity index (χ2v) is 4.49. The van der Waals surface area contributed by atoms with Crippen LogP contribution in [0.1, 0.15) is 23.9 Å². The van der Waals surface area contributed by atoms with E-state index < -0.39 is 0 Å². The molecule has 1 aromatic rings. The molecule has 0 radical (unpaired) electrons. The lowest BCUT2D eigenvalue weighted by atomic mass is 10.3. The van der Waals surface area contributed by atoms with Crippen LogP contribution < -0.4 is 0 Å². The van der Waals surface area contributed by atoms with Crippen molar-refractivity contribution in [3.8, 4) is 0 Å². The summed E-state index contributed by atoms with van der Waals surface area (Å²) in [6, 6.07) is 0. The van der Waals surface area contributed by atoms with Crippen LogP contribution in [0.15, 0.2) is 6.20 Å². The van der Waals surface area contributed by atoms with Gasteiger partial charge in [-0.2, -0.15) is 0 Å². The molecule has 1 rings (SSSR count). The molecule has 1 unspecified atom stereocenters. The van der Waals surface area contributed by atoms with Gasteiger partial charge in [0.1, 0.15) is 0 Å². The van der Waals surface area contributed by atoms with E-state index in [-0.39, 0.29) is 4.83 Å². The molecule has 92 valence electrons. The van der Waals surface area contributed by atoms with Crippen LogP contribution in [0.25, 0.3) is 0 Å². The van der Waals surface area contributed by atoms with Crippen LogP contribution >= 0.6 is 15.9 Å². The van der Waals surface area contributed by atoms with E-state index in [1.54, 1.807) is 11.8 Å². The van der Waals surface area contributed by atoms with Crippen molar-refractivity contribution in [3.63, 3.8) is 0 Å². The monoisotopic (exact) mass is 291 g/mol. The number of alkyl halides is 1. The molecule has 1 heterocycles. The average molecular weight is 292 g/mol. The number of ether oxygens (including phenoxy) is 2. The fourth-order valence-electron chi connectivity index (χ4n) is 1.18. The molecule has 0 aliphatic rings. The third kappa shape index (κ3) is 4.59. The minimum absolute atomic E-state index is 0.288. The standard InChI is InChI=1S/C10H18BrN3O2/c1-3-9(11)10-8-14(13-12-10)4-5-16-7-6-15-2/h8-9H,3-7H2,1-2H3. The zero-order valence-electron chi connectivity index (χ0n) is 9.73. The SMILES string of the molecule is CCC(Br)c1cn(CCOCCOC)nn1. The number of hydrogen-bond acceptors (Lipinski definition) is 4. The fraction of sp³-hybridized carbons (Fsp3) is 0.800. The van der Waals surface area contributed by atoms with Gasteiger partial charge >= 0.3 is 0 Å². The first-order valence-electron chi connectivity index (χ1n) is 5.38. The summed E-state index contributed by atoms with van der Waals surface area (Å²) < 4.78 is 12.0. The molecular weight excluding hydrogens is 274 g/mol. The third-order valence-electron chi connectivity index (χ3n) is 2.13. The minimum Gasteiger partial charge on any atom is -0.382 e. The molecule has 0 amide bonds. The van der Waals surface area contributed by atoms with Gasteiger partial charge in [0.25, 0.3) is 0 Å². The van der Waals surface area contributed by atoms with Gasteiger partial charge in [-0.05, 0) is 6.42 Å². The number of nitrogens with zero attached hydrogens (tertiary/aromatic N) is 3. The number of hydrogen-bond donors (Lipinski definition) is 0. The summed E-state index contributed by atoms with van der Waals surface area (Å²) in [5, 5.41) is 8.12. The van der Waals surface area contributed by atoms with Gasteiger partial charge in [0.15, 0.2) is 0 Å². The molecule has 16 heavy (non-hydrogen) atoms. The van der Waals surface area contributed by atoms with Gasteiger partial charge < -0.3 is 9.47 Å². The van der Waals surface area contributed by atoms with Crippen molar-refractivity contribution in [2.45, 2.75) is 24.7 Å². The highest BCUT2D eigenvalue weighted by atomic mass is 79.9. The fourth-order valence-corrected chi connectivity index (χ4v) is 1.39. The highest BCUT2D eigenvalue weighted by molar-refractivity contribution is 9.09. The Balaban J connectivity index is 2.24. The van der Waals surface area contributed by atoms with Gasteiger partial charge in [-0.15, -0.1) is 5.10 Å². The first kappa shape index (κ1) is 13.6. The van der Waals surface area contributed by atoms with Gasteiger partial charge in [-0.3, -0.25) is 0 Å². The zero-order valence-corrected chi connectivity index (χ0v) is 11.3. The maximum atomic E-state index is 5.35. The predicted molar refractivity (Wildman–Crippen MR) is 64.7 cm³/mol. The smallest absolute Gasteiger partial charge is 0.0963 e. The van der Waals surface area contributed by atoms with Crippen LogP contribution in [0.5, 0.6) is 0 Å². The Bertz CT molecular complexity index is 293. The van der Waals surface area contributed by atoms with E-state index in [1.807, 2.05) is 6.20 Å². The van der Waals surface area contributed by atoms with Crippen molar-refractivity contribution < 1.29 is 9.47 Å². The summed E-state index contributed by atoms with van der Waals surface area (Å²) >= 11 is 3.54. The Labute approximate surface area is 104 Å². The molecular formula is C10H18BrN3O2. The maximum Gasteiger partial charge on any atom is 0.0963 e. The molecule has 0 N–H and O–H groups in total. The zero-order chi connectivity index (χ0) is 11.8. The Morgan fingerprint density at radius 2 is 2.25 bits per heavy atom. The van der Waals surface area contributed by atoms with Crippen LogP contribution in [0.3, 0.4) is 0 Å². The summed E-state index contributed by atoms with van der Waals surface area (Å²) in [4.78, 5) is 0.288. The van der Waals surface area contributed by atoms with E-state index in [0.29, 0.717) is 19.8 Å². The van der Waals surface area contributed by atoms with E-state index in [1.165, 1.54) is 0 Å². The van der Waals surface area contributed by atoms with Crippen molar-refractivity contribution in [2.24, 2.45) is 0 Å². The molecule has 1 atom stereocenters. The van der Waals surface area contributed by atoms with Crippen molar-refractivity contribution in [1.82, 2.24) is 15.0 Å². The van der Waals surface area contributed by atoms with Gasteiger partial charge in [-0.1, -0.05) is 28.1 Å². The molecule has 0 aromatic carbocycles. The maximum absolute atomic E-state index is 5.35. The Morgan fingerprint density at radius 3 is 2.94 bits per heavy atom. The van der Waals surface area contributed by atoms with E-state index in [2.05, 4.69) is 33.2 Å². The van der Waals surface area contributed by atoms with Crippen molar-refractivity contribution in [2.75, 3.05) is 26.9 Å². The minimum atomic E-state index is 0.288. The van der Waals surface area contributed by atoms with Crippen LogP contribution in [0, 0.1) is 0 Å². The molecule has 0 saturated carbocycles. The van der Waals surface area contributed by atoms with E-state index >= 15 is 0 Å². The topological polar surface area (TPSA) is 49.2 Å². The van der Waals surface area contributed by atoms with Crippen molar-refractivity contribution >= 4 is 15.9 Å². The number of halogens is 1. The summed E-state index contributed by atoms with van der Waals surface area (Å²) in [5.74, 6) is 0. The molecule has 0 fully saturated rings. The van der Waals surface area contributed by atoms with E-state index in [4.69, 9.17) is 9.47 Å². The normalized spacial score (nSPS) is 12.9. The summed E-state index contributed by atoms with van der Waals surface area (Å²) in [6.07, 6.45) is 2.95. The van der Waals surface area contributed by atoms with Crippen molar-refractivity contribution in [1.29, 1.82) is 0 Å². The molecule has 0 spiro atoms. The van der Waals surface area contributed by atoms with Gasteiger partial charge in [-0.25, -0.2) is 4.68 Å². The molecule has 0 aliphatic carbocycles. The largest absolute Gasteiger partial charge is 0.382 e. The van der Waals surface area contributed by atoms with E-state index in [9.17, 15) is 0 Å². The molecule has 0 bridgehead atoms. The lowest BCUT2D eigenvalue weighted by Gasteiger charge is -2.03. The predicted octanol–water partition coefficient (Wildman–Crippen LogP) is 1.79. The summed E-state index contributed by atoms with van der Waals surface area (Å²) in [5.41, 5.74) is 0.972. The van der Waals surface area contributed by atoms with Gasteiger partial charge in [0.2, 0.25) is 0 Å². The molecule has 5 nitrogen and oxygen atoms in total. The Morgan fingerprint density at radius 1 is 1.44 bits per heavy atom. The van der Waals surface area contributed by atoms with Crippen LogP contribution in [0.2, 0.25) is 0 Å². The highest BCUT2D eigenvalue weighted by Crippen LogP contribution is 2.23.